The van der Waals surface area contributed by atoms with Gasteiger partial charge in [-0.2, -0.15) is 0 Å². The van der Waals surface area contributed by atoms with Crippen molar-refractivity contribution in [1.82, 2.24) is 0 Å². The Labute approximate surface area is 233 Å². The number of ether oxygens (including phenoxy) is 2. The maximum absolute atomic E-state index is 6.73. The monoisotopic (exact) mass is 515 g/mol. The molecule has 0 aromatic heterocycles. The average Bonchev–Trinajstić information content (AvgIpc) is 3.02. The molecule has 190 valence electrons. The fourth-order valence-corrected chi connectivity index (χ4v) is 6.35. The molecule has 2 heterocycles. The zero-order valence-corrected chi connectivity index (χ0v) is 21.7. The van der Waals surface area contributed by atoms with E-state index in [0.29, 0.717) is 0 Å². The first-order valence-corrected chi connectivity index (χ1v) is 13.5. The van der Waals surface area contributed by atoms with Crippen molar-refractivity contribution in [2.75, 3.05) is 4.90 Å². The van der Waals surface area contributed by atoms with Crippen molar-refractivity contribution in [2.24, 2.45) is 0 Å². The van der Waals surface area contributed by atoms with E-state index in [0.717, 1.165) is 62.3 Å². The number of hydrogen-bond donors (Lipinski definition) is 0. The van der Waals surface area contributed by atoms with Gasteiger partial charge in [0, 0.05) is 45.4 Å². The summed E-state index contributed by atoms with van der Waals surface area (Å²) in [5, 5.41) is 0. The van der Waals surface area contributed by atoms with E-state index in [2.05, 4.69) is 126 Å². The molecule has 6 aromatic rings. The zero-order valence-electron chi connectivity index (χ0n) is 21.7. The largest absolute Gasteiger partial charge is 0.457 e. The van der Waals surface area contributed by atoms with Gasteiger partial charge in [0.25, 0.3) is 0 Å². The Morgan fingerprint density at radius 2 is 0.750 bits per heavy atom. The van der Waals surface area contributed by atoms with Crippen molar-refractivity contribution in [1.29, 1.82) is 0 Å². The second kappa shape index (κ2) is 8.89. The molecule has 0 unspecified atom stereocenters. The molecule has 2 aliphatic rings. The van der Waals surface area contributed by atoms with Crippen molar-refractivity contribution >= 4 is 17.1 Å². The first-order valence-electron chi connectivity index (χ1n) is 13.5. The lowest BCUT2D eigenvalue weighted by molar-refractivity contribution is 0.399. The lowest BCUT2D eigenvalue weighted by Gasteiger charge is -2.45. The van der Waals surface area contributed by atoms with Crippen molar-refractivity contribution in [3.05, 3.63) is 174 Å². The Morgan fingerprint density at radius 3 is 1.25 bits per heavy atom. The molecular weight excluding hydrogens is 490 g/mol. The summed E-state index contributed by atoms with van der Waals surface area (Å²) in [5.74, 6) is 3.41. The fraction of sp³-hybridized carbons (Fsp3) is 0.0270. The molecule has 0 saturated heterocycles. The van der Waals surface area contributed by atoms with E-state index < -0.39 is 5.41 Å². The van der Waals surface area contributed by atoms with Gasteiger partial charge in [-0.15, -0.1) is 0 Å². The van der Waals surface area contributed by atoms with Crippen LogP contribution in [0.3, 0.4) is 0 Å². The van der Waals surface area contributed by atoms with Crippen LogP contribution in [0, 0.1) is 0 Å². The second-order valence-electron chi connectivity index (χ2n) is 10.1. The molecule has 0 aliphatic carbocycles. The minimum Gasteiger partial charge on any atom is -0.457 e. The predicted octanol–water partition coefficient (Wildman–Crippen LogP) is 9.75. The number of anilines is 3. The highest BCUT2D eigenvalue weighted by Gasteiger charge is 2.50. The van der Waals surface area contributed by atoms with Crippen LogP contribution >= 0.6 is 0 Å². The smallest absolute Gasteiger partial charge is 0.134 e. The van der Waals surface area contributed by atoms with Gasteiger partial charge in [0.15, 0.2) is 0 Å². The number of fused-ring (bicyclic) bond motifs is 8. The van der Waals surface area contributed by atoms with Crippen LogP contribution in [0.2, 0.25) is 0 Å². The molecule has 0 fully saturated rings. The van der Waals surface area contributed by atoms with Crippen LogP contribution in [0.15, 0.2) is 152 Å². The molecule has 3 heteroatoms. The molecule has 0 bridgehead atoms. The Hall–Kier alpha value is -5.28. The van der Waals surface area contributed by atoms with Gasteiger partial charge in [0.1, 0.15) is 23.0 Å². The quantitative estimate of drug-likeness (QED) is 0.234. The Morgan fingerprint density at radius 1 is 0.350 bits per heavy atom. The Balaban J connectivity index is 1.42. The summed E-state index contributed by atoms with van der Waals surface area (Å²) < 4.78 is 13.2. The maximum Gasteiger partial charge on any atom is 0.134 e. The summed E-state index contributed by atoms with van der Waals surface area (Å²) in [5.41, 5.74) is 7.05. The van der Waals surface area contributed by atoms with Gasteiger partial charge in [0.05, 0.1) is 5.41 Å². The Kier molecular flexibility index (Phi) is 5.04. The van der Waals surface area contributed by atoms with Crippen LogP contribution in [0.5, 0.6) is 23.0 Å². The highest BCUT2D eigenvalue weighted by Crippen LogP contribution is 2.61. The third-order valence-corrected chi connectivity index (χ3v) is 7.97. The van der Waals surface area contributed by atoms with E-state index in [4.69, 9.17) is 9.47 Å². The van der Waals surface area contributed by atoms with Crippen LogP contribution in [0.4, 0.5) is 17.1 Å². The molecule has 2 aliphatic heterocycles. The number of hydrogen-bond acceptors (Lipinski definition) is 3. The lowest BCUT2D eigenvalue weighted by Crippen LogP contribution is -2.36. The molecule has 6 aromatic carbocycles. The third-order valence-electron chi connectivity index (χ3n) is 7.97. The van der Waals surface area contributed by atoms with Gasteiger partial charge in [-0.1, -0.05) is 97.1 Å². The number of benzene rings is 6. The van der Waals surface area contributed by atoms with Crippen LogP contribution in [-0.4, -0.2) is 0 Å². The van der Waals surface area contributed by atoms with E-state index in [9.17, 15) is 0 Å². The molecule has 0 atom stereocenters. The van der Waals surface area contributed by atoms with Gasteiger partial charge >= 0.3 is 0 Å². The summed E-state index contributed by atoms with van der Waals surface area (Å²) in [4.78, 5) is 2.27. The average molecular weight is 516 g/mol. The molecule has 3 nitrogen and oxygen atoms in total. The van der Waals surface area contributed by atoms with E-state index in [1.807, 2.05) is 30.3 Å². The summed E-state index contributed by atoms with van der Waals surface area (Å²) >= 11 is 0. The first kappa shape index (κ1) is 22.7. The zero-order chi connectivity index (χ0) is 26.5. The summed E-state index contributed by atoms with van der Waals surface area (Å²) in [6.07, 6.45) is 0. The minimum atomic E-state index is -0.585. The van der Waals surface area contributed by atoms with Gasteiger partial charge in [-0.25, -0.2) is 0 Å². The predicted molar refractivity (Wildman–Crippen MR) is 160 cm³/mol. The van der Waals surface area contributed by atoms with E-state index in [-0.39, 0.29) is 0 Å². The molecule has 0 N–H and O–H groups in total. The van der Waals surface area contributed by atoms with Crippen LogP contribution in [-0.2, 0) is 5.41 Å². The lowest BCUT2D eigenvalue weighted by atomic mass is 9.62. The Bertz CT molecular complexity index is 1760. The highest BCUT2D eigenvalue weighted by molar-refractivity contribution is 5.81. The topological polar surface area (TPSA) is 21.7 Å². The van der Waals surface area contributed by atoms with Gasteiger partial charge in [-0.05, 0) is 48.5 Å². The minimum absolute atomic E-state index is 0.585. The molecule has 40 heavy (non-hydrogen) atoms. The molecule has 0 amide bonds. The summed E-state index contributed by atoms with van der Waals surface area (Å²) in [7, 11) is 0. The second-order valence-corrected chi connectivity index (χ2v) is 10.1. The van der Waals surface area contributed by atoms with Crippen molar-refractivity contribution in [3.63, 3.8) is 0 Å². The van der Waals surface area contributed by atoms with Crippen molar-refractivity contribution < 1.29 is 9.47 Å². The van der Waals surface area contributed by atoms with Crippen LogP contribution < -0.4 is 14.4 Å². The van der Waals surface area contributed by atoms with Crippen LogP contribution in [0.25, 0.3) is 0 Å². The van der Waals surface area contributed by atoms with E-state index >= 15 is 0 Å². The highest BCUT2D eigenvalue weighted by atomic mass is 16.5. The molecule has 1 spiro atoms. The van der Waals surface area contributed by atoms with Gasteiger partial charge in [0.2, 0.25) is 0 Å². The molecule has 0 saturated carbocycles. The summed E-state index contributed by atoms with van der Waals surface area (Å²) in [6, 6.07) is 52.7. The molecule has 8 rings (SSSR count). The number of rotatable bonds is 3. The summed E-state index contributed by atoms with van der Waals surface area (Å²) in [6.45, 7) is 0. The van der Waals surface area contributed by atoms with Crippen molar-refractivity contribution in [2.45, 2.75) is 5.41 Å². The standard InChI is InChI=1S/C37H25NO2/c1-3-13-26(14-4-1)38(27-15-5-2-6-16-27)28-23-24-32-36(25-28)40-35-22-12-9-19-31(35)37(32)29-17-7-10-20-33(29)39-34-21-11-8-18-30(34)37/h1-25H. The maximum atomic E-state index is 6.73. The van der Waals surface area contributed by atoms with E-state index in [1.165, 1.54) is 0 Å². The molecule has 0 radical (unpaired) electrons. The fourth-order valence-electron chi connectivity index (χ4n) is 6.35. The number of para-hydroxylation sites is 5. The van der Waals surface area contributed by atoms with Crippen molar-refractivity contribution in [3.8, 4) is 23.0 Å². The number of nitrogens with zero attached hydrogens (tertiary/aromatic N) is 1. The first-order chi connectivity index (χ1) is 19.8. The van der Waals surface area contributed by atoms with Gasteiger partial charge < -0.3 is 14.4 Å². The molecular formula is C37H25NO2. The third kappa shape index (κ3) is 3.25. The van der Waals surface area contributed by atoms with E-state index in [1.54, 1.807) is 0 Å². The SMILES string of the molecule is c1ccc(N(c2ccccc2)c2ccc3c(c2)Oc2ccccc2C32c3ccccc3Oc3ccccc32)cc1. The van der Waals surface area contributed by atoms with Gasteiger partial charge in [-0.3, -0.25) is 0 Å². The van der Waals surface area contributed by atoms with Crippen LogP contribution in [0.1, 0.15) is 22.3 Å². The normalized spacial score (nSPS) is 13.6.